The molecule has 0 heterocycles. The SMILES string of the molecule is Cc1ccc(C=Cc2ccc3c(c2)C(C)(C)c2cc(C=Cc4ccc(C)cc4)ccc2-3)cc1. The van der Waals surface area contributed by atoms with Crippen LogP contribution in [0, 0.1) is 13.8 Å². The van der Waals surface area contributed by atoms with E-state index in [4.69, 9.17) is 0 Å². The zero-order valence-corrected chi connectivity index (χ0v) is 19.9. The first-order chi connectivity index (χ1) is 15.9. The maximum absolute atomic E-state index is 2.36. The molecule has 5 rings (SSSR count). The average Bonchev–Trinajstić information content (AvgIpc) is 3.04. The molecule has 1 aliphatic carbocycles. The van der Waals surface area contributed by atoms with Gasteiger partial charge in [-0.2, -0.15) is 0 Å². The van der Waals surface area contributed by atoms with Crippen molar-refractivity contribution in [3.8, 4) is 11.1 Å². The van der Waals surface area contributed by atoms with Crippen LogP contribution in [-0.2, 0) is 5.41 Å². The Morgan fingerprint density at radius 2 is 0.788 bits per heavy atom. The van der Waals surface area contributed by atoms with Crippen molar-refractivity contribution in [2.75, 3.05) is 0 Å². The first kappa shape index (κ1) is 21.2. The molecule has 0 atom stereocenters. The topological polar surface area (TPSA) is 0 Å². The normalized spacial score (nSPS) is 14.1. The van der Waals surface area contributed by atoms with Crippen LogP contribution in [0.3, 0.4) is 0 Å². The Morgan fingerprint density at radius 1 is 0.455 bits per heavy atom. The van der Waals surface area contributed by atoms with Crippen LogP contribution < -0.4 is 0 Å². The van der Waals surface area contributed by atoms with Gasteiger partial charge in [0, 0.05) is 5.41 Å². The fourth-order valence-corrected chi connectivity index (χ4v) is 4.72. The average molecular weight is 427 g/mol. The lowest BCUT2D eigenvalue weighted by atomic mass is 9.81. The Bertz CT molecular complexity index is 1250. The van der Waals surface area contributed by atoms with Crippen LogP contribution in [0.25, 0.3) is 35.4 Å². The van der Waals surface area contributed by atoms with E-state index in [9.17, 15) is 0 Å². The maximum atomic E-state index is 2.36. The van der Waals surface area contributed by atoms with Gasteiger partial charge in [0.2, 0.25) is 0 Å². The summed E-state index contributed by atoms with van der Waals surface area (Å²) in [6, 6.07) is 31.1. The monoisotopic (exact) mass is 426 g/mol. The highest BCUT2D eigenvalue weighted by Crippen LogP contribution is 2.49. The van der Waals surface area contributed by atoms with Crippen LogP contribution in [0.1, 0.15) is 58.4 Å². The quantitative estimate of drug-likeness (QED) is 0.286. The summed E-state index contributed by atoms with van der Waals surface area (Å²) in [5.41, 5.74) is 13.0. The van der Waals surface area contributed by atoms with E-state index < -0.39 is 0 Å². The summed E-state index contributed by atoms with van der Waals surface area (Å²) in [6.45, 7) is 8.94. The summed E-state index contributed by atoms with van der Waals surface area (Å²) >= 11 is 0. The third-order valence-corrected chi connectivity index (χ3v) is 6.82. The molecule has 0 amide bonds. The van der Waals surface area contributed by atoms with Crippen molar-refractivity contribution in [3.05, 3.63) is 129 Å². The largest absolute Gasteiger partial charge is 0.0587 e. The molecule has 0 aromatic heterocycles. The predicted octanol–water partition coefficient (Wildman–Crippen LogP) is 8.95. The molecule has 0 spiro atoms. The Hall–Kier alpha value is -3.64. The van der Waals surface area contributed by atoms with Crippen LogP contribution in [0.4, 0.5) is 0 Å². The molecule has 0 saturated carbocycles. The molecule has 4 aromatic rings. The second-order valence-electron chi connectivity index (χ2n) is 9.72. The molecule has 0 bridgehead atoms. The van der Waals surface area contributed by atoms with Crippen LogP contribution in [-0.4, -0.2) is 0 Å². The predicted molar refractivity (Wildman–Crippen MR) is 144 cm³/mol. The van der Waals surface area contributed by atoms with Crippen molar-refractivity contribution in [3.63, 3.8) is 0 Å². The molecule has 0 heteroatoms. The van der Waals surface area contributed by atoms with E-state index in [0.29, 0.717) is 0 Å². The molecule has 0 saturated heterocycles. The summed E-state index contributed by atoms with van der Waals surface area (Å²) in [5, 5.41) is 0. The minimum absolute atomic E-state index is 0.0217. The minimum atomic E-state index is -0.0217. The van der Waals surface area contributed by atoms with Crippen molar-refractivity contribution >= 4 is 24.3 Å². The molecule has 162 valence electrons. The highest BCUT2D eigenvalue weighted by molar-refractivity contribution is 5.84. The van der Waals surface area contributed by atoms with Gasteiger partial charge >= 0.3 is 0 Å². The van der Waals surface area contributed by atoms with Crippen molar-refractivity contribution < 1.29 is 0 Å². The third kappa shape index (κ3) is 4.22. The summed E-state index contributed by atoms with van der Waals surface area (Å²) in [7, 11) is 0. The number of rotatable bonds is 4. The Labute approximate surface area is 198 Å². The molecule has 0 aliphatic heterocycles. The molecule has 0 radical (unpaired) electrons. The molecular weight excluding hydrogens is 396 g/mol. The standard InChI is InChI=1S/C33H30/c1-23-5-9-25(10-6-23)13-15-27-17-19-29-30-20-18-28(16-14-26-11-7-24(2)8-12-26)22-32(30)33(3,4)31(29)21-27/h5-22H,1-4H3. The Kier molecular flexibility index (Phi) is 5.38. The van der Waals surface area contributed by atoms with Gasteiger partial charge in [0.15, 0.2) is 0 Å². The van der Waals surface area contributed by atoms with E-state index in [1.54, 1.807) is 0 Å². The number of hydrogen-bond acceptors (Lipinski definition) is 0. The van der Waals surface area contributed by atoms with E-state index in [2.05, 4.69) is 137 Å². The number of fused-ring (bicyclic) bond motifs is 3. The summed E-state index contributed by atoms with van der Waals surface area (Å²) < 4.78 is 0. The Balaban J connectivity index is 1.44. The van der Waals surface area contributed by atoms with Crippen LogP contribution in [0.2, 0.25) is 0 Å². The van der Waals surface area contributed by atoms with Crippen LogP contribution in [0.15, 0.2) is 84.9 Å². The van der Waals surface area contributed by atoms with Crippen molar-refractivity contribution in [2.45, 2.75) is 33.1 Å². The van der Waals surface area contributed by atoms with Crippen molar-refractivity contribution in [1.82, 2.24) is 0 Å². The van der Waals surface area contributed by atoms with E-state index in [0.717, 1.165) is 0 Å². The van der Waals surface area contributed by atoms with E-state index in [1.165, 1.54) is 55.6 Å². The van der Waals surface area contributed by atoms with Gasteiger partial charge in [-0.25, -0.2) is 0 Å². The van der Waals surface area contributed by atoms with E-state index in [1.807, 2.05) is 0 Å². The van der Waals surface area contributed by atoms with Crippen molar-refractivity contribution in [2.24, 2.45) is 0 Å². The van der Waals surface area contributed by atoms with E-state index >= 15 is 0 Å². The number of aryl methyl sites for hydroxylation is 2. The van der Waals surface area contributed by atoms with Gasteiger partial charge in [-0.15, -0.1) is 0 Å². The van der Waals surface area contributed by atoms with Gasteiger partial charge in [0.05, 0.1) is 0 Å². The highest BCUT2D eigenvalue weighted by Gasteiger charge is 2.35. The zero-order valence-electron chi connectivity index (χ0n) is 19.9. The van der Waals surface area contributed by atoms with Gasteiger partial charge in [0.1, 0.15) is 0 Å². The fraction of sp³-hybridized carbons (Fsp3) is 0.152. The number of hydrogen-bond donors (Lipinski definition) is 0. The molecule has 33 heavy (non-hydrogen) atoms. The van der Waals surface area contributed by atoms with Crippen LogP contribution >= 0.6 is 0 Å². The molecule has 0 nitrogen and oxygen atoms in total. The molecule has 0 N–H and O–H groups in total. The van der Waals surface area contributed by atoms with Gasteiger partial charge in [-0.3, -0.25) is 0 Å². The van der Waals surface area contributed by atoms with Gasteiger partial charge in [-0.05, 0) is 58.4 Å². The highest BCUT2D eigenvalue weighted by atomic mass is 14.4. The first-order valence-electron chi connectivity index (χ1n) is 11.7. The lowest BCUT2D eigenvalue weighted by Crippen LogP contribution is -2.15. The lowest BCUT2D eigenvalue weighted by molar-refractivity contribution is 0.660. The third-order valence-electron chi connectivity index (χ3n) is 6.82. The molecule has 0 fully saturated rings. The Morgan fingerprint density at radius 3 is 1.18 bits per heavy atom. The minimum Gasteiger partial charge on any atom is -0.0587 e. The molecule has 1 aliphatic rings. The van der Waals surface area contributed by atoms with Gasteiger partial charge in [0.25, 0.3) is 0 Å². The molecule has 4 aromatic carbocycles. The second-order valence-corrected chi connectivity index (χ2v) is 9.72. The summed E-state index contributed by atoms with van der Waals surface area (Å²) in [4.78, 5) is 0. The fourth-order valence-electron chi connectivity index (χ4n) is 4.72. The van der Waals surface area contributed by atoms with Crippen LogP contribution in [0.5, 0.6) is 0 Å². The molecular formula is C33H30. The smallest absolute Gasteiger partial charge is 0.0159 e. The van der Waals surface area contributed by atoms with Gasteiger partial charge in [-0.1, -0.05) is 134 Å². The number of benzene rings is 4. The second kappa shape index (κ2) is 8.37. The van der Waals surface area contributed by atoms with Crippen molar-refractivity contribution in [1.29, 1.82) is 0 Å². The summed E-state index contributed by atoms with van der Waals surface area (Å²) in [5.74, 6) is 0. The summed E-state index contributed by atoms with van der Waals surface area (Å²) in [6.07, 6.45) is 8.84. The molecule has 0 unspecified atom stereocenters. The maximum Gasteiger partial charge on any atom is 0.0159 e. The lowest BCUT2D eigenvalue weighted by Gasteiger charge is -2.22. The first-order valence-corrected chi connectivity index (χ1v) is 11.7. The zero-order chi connectivity index (χ0) is 23.0. The van der Waals surface area contributed by atoms with Gasteiger partial charge < -0.3 is 0 Å². The van der Waals surface area contributed by atoms with E-state index in [-0.39, 0.29) is 5.41 Å².